The van der Waals surface area contributed by atoms with Crippen LogP contribution in [0.4, 0.5) is 5.69 Å². The third-order valence-electron chi connectivity index (χ3n) is 7.08. The Labute approximate surface area is 250 Å². The van der Waals surface area contributed by atoms with E-state index in [0.717, 1.165) is 35.8 Å². The summed E-state index contributed by atoms with van der Waals surface area (Å²) in [5.74, 6) is 0.0251. The molecule has 226 valence electrons. The van der Waals surface area contributed by atoms with Gasteiger partial charge in [0.1, 0.15) is 11.8 Å². The maximum absolute atomic E-state index is 13.9. The molecule has 0 aliphatic heterocycles. The van der Waals surface area contributed by atoms with Gasteiger partial charge < -0.3 is 15.0 Å². The number of rotatable bonds is 16. The highest BCUT2D eigenvalue weighted by molar-refractivity contribution is 7.92. The van der Waals surface area contributed by atoms with E-state index < -0.39 is 16.1 Å². The van der Waals surface area contributed by atoms with E-state index in [4.69, 9.17) is 4.74 Å². The van der Waals surface area contributed by atoms with E-state index in [1.54, 1.807) is 29.2 Å². The molecule has 0 saturated heterocycles. The second-order valence-corrected chi connectivity index (χ2v) is 12.4. The van der Waals surface area contributed by atoms with E-state index in [1.165, 1.54) is 11.4 Å². The van der Waals surface area contributed by atoms with Crippen LogP contribution in [0.1, 0.15) is 49.3 Å². The molecule has 0 aliphatic rings. The van der Waals surface area contributed by atoms with Crippen molar-refractivity contribution in [2.24, 2.45) is 0 Å². The molecule has 1 unspecified atom stereocenters. The van der Waals surface area contributed by atoms with Crippen molar-refractivity contribution in [3.63, 3.8) is 0 Å². The molecule has 3 aromatic rings. The molecule has 2 amide bonds. The molecular weight excluding hydrogens is 550 g/mol. The average Bonchev–Trinajstić information content (AvgIpc) is 2.98. The Hall–Kier alpha value is -3.85. The first-order valence-electron chi connectivity index (χ1n) is 14.4. The van der Waals surface area contributed by atoms with Crippen molar-refractivity contribution >= 4 is 27.5 Å². The standard InChI is InChI=1S/C33H43N3O5S/c1-5-6-22-34-33(38)30(24-27-13-8-7-9-14-27)35(25-28-20-18-26(2)19-21-28)32(37)17-12-23-36(42(4,39)40)29-15-10-11-16-31(29)41-3/h7-11,13-16,18-21,30H,5-6,12,17,22-25H2,1-4H3,(H,34,38). The average molecular weight is 594 g/mol. The first-order chi connectivity index (χ1) is 20.1. The van der Waals surface area contributed by atoms with Crippen molar-refractivity contribution in [2.45, 2.75) is 58.5 Å². The van der Waals surface area contributed by atoms with Crippen LogP contribution in [0.2, 0.25) is 0 Å². The van der Waals surface area contributed by atoms with Crippen LogP contribution in [0, 0.1) is 6.92 Å². The number of anilines is 1. The highest BCUT2D eigenvalue weighted by Crippen LogP contribution is 2.30. The molecule has 0 heterocycles. The maximum Gasteiger partial charge on any atom is 0.243 e. The predicted octanol–water partition coefficient (Wildman–Crippen LogP) is 5.11. The summed E-state index contributed by atoms with van der Waals surface area (Å²) in [5, 5.41) is 3.03. The lowest BCUT2D eigenvalue weighted by molar-refractivity contribution is -0.141. The van der Waals surface area contributed by atoms with E-state index in [9.17, 15) is 18.0 Å². The minimum atomic E-state index is -3.64. The van der Waals surface area contributed by atoms with Crippen LogP contribution in [0.25, 0.3) is 0 Å². The Morgan fingerprint density at radius 3 is 2.21 bits per heavy atom. The zero-order valence-corrected chi connectivity index (χ0v) is 25.9. The molecule has 42 heavy (non-hydrogen) atoms. The number of methoxy groups -OCH3 is 1. The molecule has 0 fully saturated rings. The molecule has 0 spiro atoms. The molecule has 0 bridgehead atoms. The zero-order valence-electron chi connectivity index (χ0n) is 25.1. The largest absolute Gasteiger partial charge is 0.495 e. The Bertz CT molecular complexity index is 1390. The molecule has 0 radical (unpaired) electrons. The zero-order chi connectivity index (χ0) is 30.5. The van der Waals surface area contributed by atoms with Crippen LogP contribution in [0.15, 0.2) is 78.9 Å². The molecule has 3 rings (SSSR count). The second-order valence-electron chi connectivity index (χ2n) is 10.5. The molecule has 8 nitrogen and oxygen atoms in total. The number of carbonyl (C=O) groups excluding carboxylic acids is 2. The SMILES string of the molecule is CCCCNC(=O)C(Cc1ccccc1)N(Cc1ccc(C)cc1)C(=O)CCCN(c1ccccc1OC)S(C)(=O)=O. The summed E-state index contributed by atoms with van der Waals surface area (Å²) in [6.45, 7) is 4.96. The number of sulfonamides is 1. The van der Waals surface area contributed by atoms with Gasteiger partial charge in [-0.1, -0.05) is 85.6 Å². The Morgan fingerprint density at radius 1 is 0.905 bits per heavy atom. The number of nitrogens with one attached hydrogen (secondary N) is 1. The fourth-order valence-electron chi connectivity index (χ4n) is 4.77. The number of hydrogen-bond acceptors (Lipinski definition) is 5. The van der Waals surface area contributed by atoms with Crippen LogP contribution in [-0.2, 0) is 32.6 Å². The number of hydrogen-bond donors (Lipinski definition) is 1. The van der Waals surface area contributed by atoms with Gasteiger partial charge in [-0.25, -0.2) is 8.42 Å². The predicted molar refractivity (Wildman–Crippen MR) is 168 cm³/mol. The number of benzene rings is 3. The monoisotopic (exact) mass is 593 g/mol. The quantitative estimate of drug-likeness (QED) is 0.233. The molecule has 0 aliphatic carbocycles. The summed E-state index contributed by atoms with van der Waals surface area (Å²) < 4.78 is 32.1. The molecular formula is C33H43N3O5S. The van der Waals surface area contributed by atoms with Crippen LogP contribution in [0.5, 0.6) is 5.75 Å². The summed E-state index contributed by atoms with van der Waals surface area (Å²) in [6.07, 6.45) is 3.64. The minimum absolute atomic E-state index is 0.0700. The minimum Gasteiger partial charge on any atom is -0.495 e. The van der Waals surface area contributed by atoms with Gasteiger partial charge in [0.2, 0.25) is 21.8 Å². The van der Waals surface area contributed by atoms with Crippen molar-refractivity contribution < 1.29 is 22.7 Å². The number of aryl methyl sites for hydroxylation is 1. The van der Waals surface area contributed by atoms with Gasteiger partial charge in [-0.15, -0.1) is 0 Å². The van der Waals surface area contributed by atoms with Crippen molar-refractivity contribution in [3.8, 4) is 5.75 Å². The maximum atomic E-state index is 13.9. The fourth-order valence-corrected chi connectivity index (χ4v) is 5.74. The summed E-state index contributed by atoms with van der Waals surface area (Å²) in [4.78, 5) is 29.1. The topological polar surface area (TPSA) is 96.0 Å². The first-order valence-corrected chi connectivity index (χ1v) is 16.3. The number of carbonyl (C=O) groups is 2. The van der Waals surface area contributed by atoms with E-state index in [-0.39, 0.29) is 37.7 Å². The van der Waals surface area contributed by atoms with Gasteiger partial charge in [0.05, 0.1) is 19.1 Å². The third-order valence-corrected chi connectivity index (χ3v) is 8.26. The molecule has 0 saturated carbocycles. The number of amides is 2. The number of ether oxygens (including phenoxy) is 1. The van der Waals surface area contributed by atoms with Gasteiger partial charge >= 0.3 is 0 Å². The van der Waals surface area contributed by atoms with Crippen LogP contribution in [-0.4, -0.2) is 57.6 Å². The van der Waals surface area contributed by atoms with E-state index in [2.05, 4.69) is 12.2 Å². The van der Waals surface area contributed by atoms with Gasteiger partial charge in [-0.3, -0.25) is 13.9 Å². The summed E-state index contributed by atoms with van der Waals surface area (Å²) in [5.41, 5.74) is 3.39. The van der Waals surface area contributed by atoms with Crippen molar-refractivity contribution in [1.82, 2.24) is 10.2 Å². The lowest BCUT2D eigenvalue weighted by atomic mass is 10.0. The van der Waals surface area contributed by atoms with Crippen LogP contribution in [0.3, 0.4) is 0 Å². The summed E-state index contributed by atoms with van der Waals surface area (Å²) >= 11 is 0. The number of unbranched alkanes of at least 4 members (excludes halogenated alkanes) is 1. The molecule has 1 N–H and O–H groups in total. The Morgan fingerprint density at radius 2 is 1.57 bits per heavy atom. The van der Waals surface area contributed by atoms with Crippen LogP contribution < -0.4 is 14.4 Å². The fraction of sp³-hybridized carbons (Fsp3) is 0.394. The highest BCUT2D eigenvalue weighted by atomic mass is 32.2. The van der Waals surface area contributed by atoms with Gasteiger partial charge in [-0.2, -0.15) is 0 Å². The van der Waals surface area contributed by atoms with Gasteiger partial charge in [-0.05, 0) is 43.0 Å². The molecule has 3 aromatic carbocycles. The lowest BCUT2D eigenvalue weighted by Gasteiger charge is -2.32. The van der Waals surface area contributed by atoms with Crippen molar-refractivity contribution in [1.29, 1.82) is 0 Å². The van der Waals surface area contributed by atoms with Crippen LogP contribution >= 0.6 is 0 Å². The van der Waals surface area contributed by atoms with E-state index in [0.29, 0.717) is 24.4 Å². The second kappa shape index (κ2) is 16.0. The van der Waals surface area contributed by atoms with E-state index >= 15 is 0 Å². The first kappa shape index (κ1) is 32.7. The Balaban J connectivity index is 1.88. The third kappa shape index (κ3) is 9.62. The highest BCUT2D eigenvalue weighted by Gasteiger charge is 2.30. The number of nitrogens with zero attached hydrogens (tertiary/aromatic N) is 2. The van der Waals surface area contributed by atoms with E-state index in [1.807, 2.05) is 61.5 Å². The summed E-state index contributed by atoms with van der Waals surface area (Å²) in [6, 6.07) is 23.8. The van der Waals surface area contributed by atoms with Gasteiger partial charge in [0.15, 0.2) is 0 Å². The van der Waals surface area contributed by atoms with Crippen molar-refractivity contribution in [3.05, 3.63) is 95.6 Å². The summed E-state index contributed by atoms with van der Waals surface area (Å²) in [7, 11) is -2.15. The smallest absolute Gasteiger partial charge is 0.243 e. The molecule has 0 aromatic heterocycles. The Kier molecular flexibility index (Phi) is 12.4. The number of para-hydroxylation sites is 2. The molecule has 9 heteroatoms. The molecule has 1 atom stereocenters. The lowest BCUT2D eigenvalue weighted by Crippen LogP contribution is -2.50. The van der Waals surface area contributed by atoms with Gasteiger partial charge in [0, 0.05) is 32.5 Å². The normalized spacial score (nSPS) is 11.9. The van der Waals surface area contributed by atoms with Gasteiger partial charge in [0.25, 0.3) is 0 Å². The van der Waals surface area contributed by atoms with Crippen molar-refractivity contribution in [2.75, 3.05) is 30.8 Å².